The second-order valence-electron chi connectivity index (χ2n) is 5.90. The summed E-state index contributed by atoms with van der Waals surface area (Å²) in [7, 11) is 0. The lowest BCUT2D eigenvalue weighted by molar-refractivity contribution is 0.167. The van der Waals surface area contributed by atoms with E-state index in [4.69, 9.17) is 0 Å². The zero-order valence-corrected chi connectivity index (χ0v) is 10.5. The summed E-state index contributed by atoms with van der Waals surface area (Å²) in [5.74, 6) is 3.34. The van der Waals surface area contributed by atoms with Crippen molar-refractivity contribution in [2.45, 2.75) is 77.6 Å². The maximum Gasteiger partial charge on any atom is -0.0358 e. The average molecular weight is 208 g/mol. The Morgan fingerprint density at radius 1 is 0.800 bits per heavy atom. The smallest absolute Gasteiger partial charge is 0.0358 e. The Hall–Kier alpha value is 0. The molecule has 0 aromatic rings. The molecule has 0 aromatic heterocycles. The Bertz CT molecular complexity index is 161. The molecule has 0 saturated heterocycles. The molecule has 0 heteroatoms. The highest BCUT2D eigenvalue weighted by Crippen LogP contribution is 2.42. The molecule has 0 bridgehead atoms. The highest BCUT2D eigenvalue weighted by molar-refractivity contribution is 4.82. The van der Waals surface area contributed by atoms with Gasteiger partial charge in [0, 0.05) is 0 Å². The second kappa shape index (κ2) is 5.92. The first-order valence-electron chi connectivity index (χ1n) is 7.42. The SMILES string of the molecule is CCCC(C1CCCCC1)C1CCCC1. The van der Waals surface area contributed by atoms with Gasteiger partial charge in [-0.05, 0) is 17.8 Å². The first kappa shape index (κ1) is 11.5. The fraction of sp³-hybridized carbons (Fsp3) is 1.00. The zero-order valence-electron chi connectivity index (χ0n) is 10.5. The number of hydrogen-bond acceptors (Lipinski definition) is 0. The molecule has 2 aliphatic rings. The normalized spacial score (nSPS) is 27.0. The summed E-state index contributed by atoms with van der Waals surface area (Å²) in [5.41, 5.74) is 0. The van der Waals surface area contributed by atoms with Gasteiger partial charge < -0.3 is 0 Å². The van der Waals surface area contributed by atoms with E-state index in [1.54, 1.807) is 25.7 Å². The monoisotopic (exact) mass is 208 g/mol. The molecule has 2 aliphatic carbocycles. The van der Waals surface area contributed by atoms with Gasteiger partial charge in [0.15, 0.2) is 0 Å². The van der Waals surface area contributed by atoms with Crippen molar-refractivity contribution in [3.05, 3.63) is 0 Å². The van der Waals surface area contributed by atoms with Crippen LogP contribution in [-0.4, -0.2) is 0 Å². The third kappa shape index (κ3) is 2.98. The molecule has 88 valence electrons. The van der Waals surface area contributed by atoms with Crippen LogP contribution in [0.1, 0.15) is 77.6 Å². The Morgan fingerprint density at radius 2 is 1.27 bits per heavy atom. The lowest BCUT2D eigenvalue weighted by atomic mass is 9.71. The van der Waals surface area contributed by atoms with Gasteiger partial charge >= 0.3 is 0 Å². The van der Waals surface area contributed by atoms with E-state index in [0.29, 0.717) is 0 Å². The Balaban J connectivity index is 1.90. The minimum Gasteiger partial charge on any atom is -0.0654 e. The molecule has 0 amide bonds. The molecule has 2 fully saturated rings. The quantitative estimate of drug-likeness (QED) is 0.597. The molecule has 0 radical (unpaired) electrons. The van der Waals surface area contributed by atoms with Crippen LogP contribution in [0, 0.1) is 17.8 Å². The van der Waals surface area contributed by atoms with Crippen LogP contribution in [0.15, 0.2) is 0 Å². The molecule has 1 unspecified atom stereocenters. The van der Waals surface area contributed by atoms with Crippen LogP contribution < -0.4 is 0 Å². The molecule has 15 heavy (non-hydrogen) atoms. The molecule has 1 atom stereocenters. The van der Waals surface area contributed by atoms with E-state index in [1.165, 1.54) is 44.9 Å². The number of hydrogen-bond donors (Lipinski definition) is 0. The van der Waals surface area contributed by atoms with E-state index in [0.717, 1.165) is 17.8 Å². The molecular weight excluding hydrogens is 180 g/mol. The van der Waals surface area contributed by atoms with E-state index in [-0.39, 0.29) is 0 Å². The van der Waals surface area contributed by atoms with Gasteiger partial charge in [0.1, 0.15) is 0 Å². The molecule has 0 aliphatic heterocycles. The molecule has 0 heterocycles. The lowest BCUT2D eigenvalue weighted by Gasteiger charge is -2.34. The van der Waals surface area contributed by atoms with E-state index < -0.39 is 0 Å². The van der Waals surface area contributed by atoms with Crippen LogP contribution in [-0.2, 0) is 0 Å². The fourth-order valence-corrected chi connectivity index (χ4v) is 4.14. The van der Waals surface area contributed by atoms with E-state index in [2.05, 4.69) is 6.92 Å². The predicted molar refractivity (Wildman–Crippen MR) is 66.9 cm³/mol. The van der Waals surface area contributed by atoms with Crippen LogP contribution in [0.2, 0.25) is 0 Å². The van der Waals surface area contributed by atoms with Gasteiger partial charge in [0.2, 0.25) is 0 Å². The van der Waals surface area contributed by atoms with Crippen molar-refractivity contribution >= 4 is 0 Å². The lowest BCUT2D eigenvalue weighted by Crippen LogP contribution is -2.24. The molecule has 0 aromatic carbocycles. The van der Waals surface area contributed by atoms with E-state index in [1.807, 2.05) is 0 Å². The largest absolute Gasteiger partial charge is 0.0654 e. The average Bonchev–Trinajstić information content (AvgIpc) is 2.80. The molecule has 2 saturated carbocycles. The van der Waals surface area contributed by atoms with Crippen LogP contribution in [0.5, 0.6) is 0 Å². The van der Waals surface area contributed by atoms with Crippen LogP contribution in [0.4, 0.5) is 0 Å². The fourth-order valence-electron chi connectivity index (χ4n) is 4.14. The van der Waals surface area contributed by atoms with Gasteiger partial charge in [-0.2, -0.15) is 0 Å². The minimum absolute atomic E-state index is 1.11. The van der Waals surface area contributed by atoms with Gasteiger partial charge in [-0.1, -0.05) is 77.6 Å². The summed E-state index contributed by atoms with van der Waals surface area (Å²) < 4.78 is 0. The van der Waals surface area contributed by atoms with Crippen molar-refractivity contribution in [3.8, 4) is 0 Å². The Labute approximate surface area is 95.8 Å². The van der Waals surface area contributed by atoms with Crippen molar-refractivity contribution in [1.82, 2.24) is 0 Å². The maximum atomic E-state index is 2.38. The van der Waals surface area contributed by atoms with Gasteiger partial charge in [-0.3, -0.25) is 0 Å². The van der Waals surface area contributed by atoms with Gasteiger partial charge in [0.05, 0.1) is 0 Å². The summed E-state index contributed by atoms with van der Waals surface area (Å²) >= 11 is 0. The summed E-state index contributed by atoms with van der Waals surface area (Å²) in [6, 6.07) is 0. The highest BCUT2D eigenvalue weighted by Gasteiger charge is 2.31. The molecule has 0 nitrogen and oxygen atoms in total. The zero-order chi connectivity index (χ0) is 10.5. The van der Waals surface area contributed by atoms with Crippen molar-refractivity contribution in [1.29, 1.82) is 0 Å². The first-order chi connectivity index (χ1) is 7.42. The minimum atomic E-state index is 1.11. The molecule has 0 spiro atoms. The molecule has 0 N–H and O–H groups in total. The summed E-state index contributed by atoms with van der Waals surface area (Å²) in [5, 5.41) is 0. The van der Waals surface area contributed by atoms with Crippen molar-refractivity contribution in [2.75, 3.05) is 0 Å². The third-order valence-electron chi connectivity index (χ3n) is 4.88. The summed E-state index contributed by atoms with van der Waals surface area (Å²) in [6.07, 6.45) is 16.8. The van der Waals surface area contributed by atoms with Crippen molar-refractivity contribution < 1.29 is 0 Å². The van der Waals surface area contributed by atoms with Gasteiger partial charge in [-0.15, -0.1) is 0 Å². The third-order valence-corrected chi connectivity index (χ3v) is 4.88. The van der Waals surface area contributed by atoms with E-state index in [9.17, 15) is 0 Å². The van der Waals surface area contributed by atoms with Gasteiger partial charge in [-0.25, -0.2) is 0 Å². The first-order valence-corrected chi connectivity index (χ1v) is 7.42. The summed E-state index contributed by atoms with van der Waals surface area (Å²) in [6.45, 7) is 2.38. The topological polar surface area (TPSA) is 0 Å². The predicted octanol–water partition coefficient (Wildman–Crippen LogP) is 5.17. The molecule has 2 rings (SSSR count). The van der Waals surface area contributed by atoms with Crippen LogP contribution in [0.3, 0.4) is 0 Å². The highest BCUT2D eigenvalue weighted by atomic mass is 14.4. The van der Waals surface area contributed by atoms with Crippen molar-refractivity contribution in [2.24, 2.45) is 17.8 Å². The van der Waals surface area contributed by atoms with E-state index >= 15 is 0 Å². The Morgan fingerprint density at radius 3 is 1.73 bits per heavy atom. The van der Waals surface area contributed by atoms with Crippen molar-refractivity contribution in [3.63, 3.8) is 0 Å². The number of rotatable bonds is 4. The second-order valence-corrected chi connectivity index (χ2v) is 5.90. The van der Waals surface area contributed by atoms with Gasteiger partial charge in [0.25, 0.3) is 0 Å². The Kier molecular flexibility index (Phi) is 4.53. The standard InChI is InChI=1S/C15H28/c1-2-8-15(14-11-6-7-12-14)13-9-4-3-5-10-13/h13-15H,2-12H2,1H3. The maximum absolute atomic E-state index is 2.38. The summed E-state index contributed by atoms with van der Waals surface area (Å²) in [4.78, 5) is 0. The van der Waals surface area contributed by atoms with Crippen LogP contribution >= 0.6 is 0 Å². The van der Waals surface area contributed by atoms with Crippen LogP contribution in [0.25, 0.3) is 0 Å². The molecular formula is C15H28.